The van der Waals surface area contributed by atoms with Crippen molar-refractivity contribution in [2.24, 2.45) is 0 Å². The molecule has 78 valence electrons. The van der Waals surface area contributed by atoms with Crippen molar-refractivity contribution in [2.45, 2.75) is 6.54 Å². The fraction of sp³-hybridized carbons (Fsp3) is 0.0909. The van der Waals surface area contributed by atoms with E-state index in [1.165, 1.54) is 6.07 Å². The Kier molecular flexibility index (Phi) is 3.06. The Morgan fingerprint density at radius 1 is 1.33 bits per heavy atom. The summed E-state index contributed by atoms with van der Waals surface area (Å²) >= 11 is 3.11. The van der Waals surface area contributed by atoms with Crippen molar-refractivity contribution in [3.05, 3.63) is 52.5 Å². The first-order chi connectivity index (χ1) is 7.25. The Bertz CT molecular complexity index is 440. The van der Waals surface area contributed by atoms with Crippen LogP contribution in [0.1, 0.15) is 5.56 Å². The van der Waals surface area contributed by atoms with E-state index < -0.39 is 0 Å². The van der Waals surface area contributed by atoms with Gasteiger partial charge in [0.15, 0.2) is 0 Å². The molecule has 0 bridgehead atoms. The van der Waals surface area contributed by atoms with Gasteiger partial charge in [-0.3, -0.25) is 0 Å². The summed E-state index contributed by atoms with van der Waals surface area (Å²) in [5.41, 5.74) is 1.91. The summed E-state index contributed by atoms with van der Waals surface area (Å²) < 4.78 is 13.6. The van der Waals surface area contributed by atoms with Gasteiger partial charge in [-0.2, -0.15) is 0 Å². The van der Waals surface area contributed by atoms with Gasteiger partial charge in [0.25, 0.3) is 0 Å². The van der Waals surface area contributed by atoms with Crippen LogP contribution in [0.15, 0.2) is 41.1 Å². The van der Waals surface area contributed by atoms with Gasteiger partial charge in [-0.15, -0.1) is 0 Å². The molecule has 4 heteroatoms. The molecule has 2 nitrogen and oxygen atoms in total. The molecule has 1 aromatic heterocycles. The maximum atomic E-state index is 13.2. The maximum Gasteiger partial charge on any atom is 0.139 e. The lowest BCUT2D eigenvalue weighted by molar-refractivity contribution is 0.621. The second-order valence-corrected chi connectivity index (χ2v) is 4.06. The Labute approximate surface area is 95.6 Å². The molecule has 0 unspecified atom stereocenters. The van der Waals surface area contributed by atoms with Crippen LogP contribution < -0.4 is 5.32 Å². The van der Waals surface area contributed by atoms with E-state index in [1.807, 2.05) is 24.5 Å². The number of H-pyrrole nitrogens is 1. The van der Waals surface area contributed by atoms with Crippen molar-refractivity contribution in [1.29, 1.82) is 0 Å². The van der Waals surface area contributed by atoms with Crippen molar-refractivity contribution < 1.29 is 4.39 Å². The first-order valence-corrected chi connectivity index (χ1v) is 5.35. The molecule has 0 saturated heterocycles. The molecule has 2 N–H and O–H groups in total. The van der Waals surface area contributed by atoms with Crippen molar-refractivity contribution in [1.82, 2.24) is 4.98 Å². The number of hydrogen-bond donors (Lipinski definition) is 2. The SMILES string of the molecule is Fc1cc(NCc2cc[nH]c2)ccc1Br. The first-order valence-electron chi connectivity index (χ1n) is 4.56. The van der Waals surface area contributed by atoms with Gasteiger partial charge in [0.05, 0.1) is 4.47 Å². The molecule has 0 saturated carbocycles. The topological polar surface area (TPSA) is 27.8 Å². The molecule has 0 aliphatic carbocycles. The number of benzene rings is 1. The smallest absolute Gasteiger partial charge is 0.139 e. The number of nitrogens with one attached hydrogen (secondary N) is 2. The Morgan fingerprint density at radius 2 is 2.20 bits per heavy atom. The number of aromatic amines is 1. The van der Waals surface area contributed by atoms with E-state index in [4.69, 9.17) is 0 Å². The minimum atomic E-state index is -0.255. The van der Waals surface area contributed by atoms with Crippen LogP contribution in [-0.2, 0) is 6.54 Å². The summed E-state index contributed by atoms with van der Waals surface area (Å²) in [6.07, 6.45) is 3.77. The zero-order valence-corrected chi connectivity index (χ0v) is 9.51. The molecule has 15 heavy (non-hydrogen) atoms. The quantitative estimate of drug-likeness (QED) is 0.876. The maximum absolute atomic E-state index is 13.2. The average molecular weight is 269 g/mol. The van der Waals surface area contributed by atoms with E-state index in [1.54, 1.807) is 6.07 Å². The summed E-state index contributed by atoms with van der Waals surface area (Å²) in [6, 6.07) is 6.97. The average Bonchev–Trinajstić information content (AvgIpc) is 2.73. The lowest BCUT2D eigenvalue weighted by Gasteiger charge is -2.05. The molecular formula is C11H10BrFN2. The summed E-state index contributed by atoms with van der Waals surface area (Å²) in [7, 11) is 0. The highest BCUT2D eigenvalue weighted by molar-refractivity contribution is 9.10. The van der Waals surface area contributed by atoms with E-state index >= 15 is 0 Å². The van der Waals surface area contributed by atoms with Crippen molar-refractivity contribution in [3.63, 3.8) is 0 Å². The lowest BCUT2D eigenvalue weighted by Crippen LogP contribution is -1.98. The van der Waals surface area contributed by atoms with Crippen LogP contribution >= 0.6 is 15.9 Å². The van der Waals surface area contributed by atoms with Crippen molar-refractivity contribution in [3.8, 4) is 0 Å². The van der Waals surface area contributed by atoms with E-state index in [0.717, 1.165) is 11.3 Å². The predicted octanol–water partition coefficient (Wildman–Crippen LogP) is 3.53. The third-order valence-corrected chi connectivity index (χ3v) is 2.72. The van der Waals surface area contributed by atoms with Crippen LogP contribution in [0, 0.1) is 5.82 Å². The second kappa shape index (κ2) is 4.49. The molecule has 0 spiro atoms. The molecular weight excluding hydrogens is 259 g/mol. The standard InChI is InChI=1S/C11H10BrFN2/c12-10-2-1-9(5-11(10)13)15-7-8-3-4-14-6-8/h1-6,14-15H,7H2. The highest BCUT2D eigenvalue weighted by atomic mass is 79.9. The van der Waals surface area contributed by atoms with Gasteiger partial charge in [0.2, 0.25) is 0 Å². The number of aromatic nitrogens is 1. The first kappa shape index (κ1) is 10.2. The molecule has 0 atom stereocenters. The minimum absolute atomic E-state index is 0.255. The van der Waals surface area contributed by atoms with Crippen LogP contribution in [-0.4, -0.2) is 4.98 Å². The van der Waals surface area contributed by atoms with E-state index in [0.29, 0.717) is 11.0 Å². The van der Waals surface area contributed by atoms with Crippen LogP contribution in [0.3, 0.4) is 0 Å². The van der Waals surface area contributed by atoms with Crippen LogP contribution in [0.4, 0.5) is 10.1 Å². The number of hydrogen-bond acceptors (Lipinski definition) is 1. The summed E-state index contributed by atoms with van der Waals surface area (Å²) in [6.45, 7) is 0.685. The van der Waals surface area contributed by atoms with Gasteiger partial charge in [-0.1, -0.05) is 0 Å². The monoisotopic (exact) mass is 268 g/mol. The second-order valence-electron chi connectivity index (χ2n) is 3.20. The molecule has 0 amide bonds. The molecule has 0 fully saturated rings. The number of halogens is 2. The fourth-order valence-electron chi connectivity index (χ4n) is 1.28. The van der Waals surface area contributed by atoms with Crippen LogP contribution in [0.25, 0.3) is 0 Å². The van der Waals surface area contributed by atoms with Gasteiger partial charge in [-0.25, -0.2) is 4.39 Å². The molecule has 2 rings (SSSR count). The van der Waals surface area contributed by atoms with Gasteiger partial charge >= 0.3 is 0 Å². The fourth-order valence-corrected chi connectivity index (χ4v) is 1.53. The predicted molar refractivity (Wildman–Crippen MR) is 62.2 cm³/mol. The molecule has 0 aliphatic heterocycles. The largest absolute Gasteiger partial charge is 0.381 e. The Morgan fingerprint density at radius 3 is 2.87 bits per heavy atom. The lowest BCUT2D eigenvalue weighted by atomic mass is 10.3. The highest BCUT2D eigenvalue weighted by Crippen LogP contribution is 2.19. The van der Waals surface area contributed by atoms with E-state index in [-0.39, 0.29) is 5.82 Å². The van der Waals surface area contributed by atoms with Gasteiger partial charge in [0.1, 0.15) is 5.82 Å². The Hall–Kier alpha value is -1.29. The van der Waals surface area contributed by atoms with Crippen LogP contribution in [0.2, 0.25) is 0 Å². The minimum Gasteiger partial charge on any atom is -0.381 e. The molecule has 1 heterocycles. The summed E-state index contributed by atoms with van der Waals surface area (Å²) in [5.74, 6) is -0.255. The third-order valence-electron chi connectivity index (χ3n) is 2.08. The van der Waals surface area contributed by atoms with Gasteiger partial charge in [-0.05, 0) is 45.8 Å². The summed E-state index contributed by atoms with van der Waals surface area (Å²) in [4.78, 5) is 2.96. The highest BCUT2D eigenvalue weighted by Gasteiger charge is 2.00. The van der Waals surface area contributed by atoms with Gasteiger partial charge in [0, 0.05) is 24.6 Å². The van der Waals surface area contributed by atoms with Gasteiger partial charge < -0.3 is 10.3 Å². The van der Waals surface area contributed by atoms with Crippen LogP contribution in [0.5, 0.6) is 0 Å². The Balaban J connectivity index is 2.02. The van der Waals surface area contributed by atoms with Crippen molar-refractivity contribution in [2.75, 3.05) is 5.32 Å². The molecule has 2 aromatic rings. The molecule has 0 radical (unpaired) electrons. The number of rotatable bonds is 3. The zero-order valence-electron chi connectivity index (χ0n) is 7.93. The van der Waals surface area contributed by atoms with E-state index in [9.17, 15) is 4.39 Å². The van der Waals surface area contributed by atoms with Crippen molar-refractivity contribution >= 4 is 21.6 Å². The molecule has 0 aliphatic rings. The number of anilines is 1. The van der Waals surface area contributed by atoms with E-state index in [2.05, 4.69) is 26.2 Å². The normalized spacial score (nSPS) is 10.3. The third kappa shape index (κ3) is 2.59. The summed E-state index contributed by atoms with van der Waals surface area (Å²) in [5, 5.41) is 3.13. The zero-order chi connectivity index (χ0) is 10.7. The molecule has 1 aromatic carbocycles.